The Hall–Kier alpha value is -1.82. The smallest absolute Gasteiger partial charge is 0.316 e. The summed E-state index contributed by atoms with van der Waals surface area (Å²) in [5.74, 6) is -0.198. The first-order chi connectivity index (χ1) is 10.1. The summed E-state index contributed by atoms with van der Waals surface area (Å²) in [6.45, 7) is 3.99. The van der Waals surface area contributed by atoms with Crippen LogP contribution in [0.15, 0.2) is 34.2 Å². The Kier molecular flexibility index (Phi) is 5.01. The van der Waals surface area contributed by atoms with Crippen LogP contribution in [0.4, 0.5) is 0 Å². The van der Waals surface area contributed by atoms with E-state index in [9.17, 15) is 9.59 Å². The highest BCUT2D eigenvalue weighted by molar-refractivity contribution is 7.99. The lowest BCUT2D eigenvalue weighted by atomic mass is 10.2. The molecule has 0 saturated carbocycles. The molecule has 0 radical (unpaired) electrons. The molecule has 1 aromatic carbocycles. The van der Waals surface area contributed by atoms with E-state index in [-0.39, 0.29) is 23.3 Å². The molecule has 1 aromatic heterocycles. The molecule has 21 heavy (non-hydrogen) atoms. The summed E-state index contributed by atoms with van der Waals surface area (Å²) >= 11 is 1.23. The molecule has 112 valence electrons. The third-order valence-electron chi connectivity index (χ3n) is 3.35. The first-order valence-corrected chi connectivity index (χ1v) is 7.78. The Labute approximate surface area is 127 Å². The minimum Gasteiger partial charge on any atom is -0.468 e. The van der Waals surface area contributed by atoms with Gasteiger partial charge in [-0.15, -0.1) is 0 Å². The van der Waals surface area contributed by atoms with Gasteiger partial charge < -0.3 is 4.74 Å². The second kappa shape index (κ2) is 6.76. The molecule has 5 nitrogen and oxygen atoms in total. The fraction of sp³-hybridized carbons (Fsp3) is 0.400. The first-order valence-electron chi connectivity index (χ1n) is 6.79. The van der Waals surface area contributed by atoms with Gasteiger partial charge in [-0.2, -0.15) is 0 Å². The van der Waals surface area contributed by atoms with Crippen LogP contribution in [0.25, 0.3) is 10.9 Å². The average molecular weight is 306 g/mol. The number of hydrogen-bond acceptors (Lipinski definition) is 5. The zero-order chi connectivity index (χ0) is 15.4. The summed E-state index contributed by atoms with van der Waals surface area (Å²) in [5.41, 5.74) is 0.580. The molecule has 0 fully saturated rings. The normalized spacial score (nSPS) is 12.3. The van der Waals surface area contributed by atoms with E-state index in [0.717, 1.165) is 6.42 Å². The summed E-state index contributed by atoms with van der Waals surface area (Å²) < 4.78 is 6.30. The molecule has 1 atom stereocenters. The second-order valence-electron chi connectivity index (χ2n) is 4.71. The number of rotatable bonds is 5. The standard InChI is InChI=1S/C15H18N2O3S/c1-4-10(2)17-14(19)11-7-5-6-8-12(11)16-15(17)21-9-13(18)20-3/h5-8,10H,4,9H2,1-3H3/t10-/m0/s1. The molecule has 2 aromatic rings. The average Bonchev–Trinajstić information content (AvgIpc) is 2.52. The van der Waals surface area contributed by atoms with E-state index in [2.05, 4.69) is 9.72 Å². The van der Waals surface area contributed by atoms with Crippen molar-refractivity contribution in [3.05, 3.63) is 34.6 Å². The third-order valence-corrected chi connectivity index (χ3v) is 4.28. The molecule has 0 N–H and O–H groups in total. The van der Waals surface area contributed by atoms with Gasteiger partial charge >= 0.3 is 5.97 Å². The van der Waals surface area contributed by atoms with E-state index in [0.29, 0.717) is 16.1 Å². The van der Waals surface area contributed by atoms with Crippen LogP contribution in [0.2, 0.25) is 0 Å². The lowest BCUT2D eigenvalue weighted by Gasteiger charge is -2.17. The molecule has 0 aliphatic carbocycles. The highest BCUT2D eigenvalue weighted by Gasteiger charge is 2.16. The lowest BCUT2D eigenvalue weighted by molar-refractivity contribution is -0.137. The topological polar surface area (TPSA) is 61.2 Å². The van der Waals surface area contributed by atoms with Crippen LogP contribution >= 0.6 is 11.8 Å². The van der Waals surface area contributed by atoms with Crippen LogP contribution in [0.1, 0.15) is 26.3 Å². The van der Waals surface area contributed by atoms with E-state index in [1.165, 1.54) is 18.9 Å². The van der Waals surface area contributed by atoms with Crippen LogP contribution < -0.4 is 5.56 Å². The summed E-state index contributed by atoms with van der Waals surface area (Å²) in [6, 6.07) is 7.28. The zero-order valence-electron chi connectivity index (χ0n) is 12.3. The maximum absolute atomic E-state index is 12.7. The maximum atomic E-state index is 12.7. The number of hydrogen-bond donors (Lipinski definition) is 0. The predicted octanol–water partition coefficient (Wildman–Crippen LogP) is 2.63. The van der Waals surface area contributed by atoms with Crippen molar-refractivity contribution < 1.29 is 9.53 Å². The number of methoxy groups -OCH3 is 1. The summed E-state index contributed by atoms with van der Waals surface area (Å²) in [4.78, 5) is 28.5. The Balaban J connectivity index is 2.55. The van der Waals surface area contributed by atoms with Gasteiger partial charge in [0.25, 0.3) is 5.56 Å². The highest BCUT2D eigenvalue weighted by Crippen LogP contribution is 2.22. The minimum absolute atomic E-state index is 0.0229. The fourth-order valence-electron chi connectivity index (χ4n) is 1.98. The van der Waals surface area contributed by atoms with Crippen molar-refractivity contribution in [3.8, 4) is 0 Å². The van der Waals surface area contributed by atoms with Crippen molar-refractivity contribution in [2.75, 3.05) is 12.9 Å². The van der Waals surface area contributed by atoms with Gasteiger partial charge in [-0.3, -0.25) is 14.2 Å². The Morgan fingerprint density at radius 3 is 2.81 bits per heavy atom. The first kappa shape index (κ1) is 15.6. The van der Waals surface area contributed by atoms with Gasteiger partial charge in [0.1, 0.15) is 0 Å². The van der Waals surface area contributed by atoms with Crippen LogP contribution in [-0.4, -0.2) is 28.4 Å². The SMILES string of the molecule is CC[C@H](C)n1c(SCC(=O)OC)nc2ccccc2c1=O. The van der Waals surface area contributed by atoms with Crippen molar-refractivity contribution in [1.82, 2.24) is 9.55 Å². The van der Waals surface area contributed by atoms with Gasteiger partial charge in [-0.1, -0.05) is 30.8 Å². The molecule has 0 aliphatic heterocycles. The van der Waals surface area contributed by atoms with Crippen molar-refractivity contribution in [1.29, 1.82) is 0 Å². The molecule has 0 saturated heterocycles. The lowest BCUT2D eigenvalue weighted by Crippen LogP contribution is -2.26. The summed E-state index contributed by atoms with van der Waals surface area (Å²) in [7, 11) is 1.35. The predicted molar refractivity (Wildman–Crippen MR) is 83.7 cm³/mol. The van der Waals surface area contributed by atoms with Crippen LogP contribution in [0.5, 0.6) is 0 Å². The number of fused-ring (bicyclic) bond motifs is 1. The Bertz CT molecular complexity index is 712. The Morgan fingerprint density at radius 2 is 2.14 bits per heavy atom. The van der Waals surface area contributed by atoms with Gasteiger partial charge in [-0.05, 0) is 25.5 Å². The largest absolute Gasteiger partial charge is 0.468 e. The van der Waals surface area contributed by atoms with Gasteiger partial charge in [0.2, 0.25) is 0 Å². The van der Waals surface area contributed by atoms with E-state index in [4.69, 9.17) is 0 Å². The van der Waals surface area contributed by atoms with E-state index in [1.807, 2.05) is 26.0 Å². The molecule has 0 unspecified atom stereocenters. The number of nitrogens with zero attached hydrogens (tertiary/aromatic N) is 2. The third kappa shape index (κ3) is 3.26. The number of aromatic nitrogens is 2. The molecule has 6 heteroatoms. The maximum Gasteiger partial charge on any atom is 0.316 e. The zero-order valence-corrected chi connectivity index (χ0v) is 13.1. The van der Waals surface area contributed by atoms with Gasteiger partial charge in [0.05, 0.1) is 23.8 Å². The van der Waals surface area contributed by atoms with Crippen molar-refractivity contribution in [3.63, 3.8) is 0 Å². The second-order valence-corrected chi connectivity index (χ2v) is 5.65. The molecule has 0 amide bonds. The highest BCUT2D eigenvalue weighted by atomic mass is 32.2. The van der Waals surface area contributed by atoms with Crippen molar-refractivity contribution in [2.24, 2.45) is 0 Å². The quantitative estimate of drug-likeness (QED) is 0.483. The minimum atomic E-state index is -0.335. The molecule has 2 rings (SSSR count). The van der Waals surface area contributed by atoms with Gasteiger partial charge in [-0.25, -0.2) is 4.98 Å². The number of para-hydroxylation sites is 1. The van der Waals surface area contributed by atoms with Crippen LogP contribution in [0.3, 0.4) is 0 Å². The number of carbonyl (C=O) groups excluding carboxylic acids is 1. The number of thioether (sulfide) groups is 1. The van der Waals surface area contributed by atoms with E-state index < -0.39 is 0 Å². The molecule has 0 bridgehead atoms. The molecule has 0 aliphatic rings. The van der Waals surface area contributed by atoms with Crippen LogP contribution in [-0.2, 0) is 9.53 Å². The molecular weight excluding hydrogens is 288 g/mol. The van der Waals surface area contributed by atoms with Gasteiger partial charge in [0, 0.05) is 6.04 Å². The van der Waals surface area contributed by atoms with Gasteiger partial charge in [0.15, 0.2) is 5.16 Å². The number of esters is 1. The number of carbonyl (C=O) groups is 1. The fourth-order valence-corrected chi connectivity index (χ4v) is 2.91. The Morgan fingerprint density at radius 1 is 1.43 bits per heavy atom. The molecular formula is C15H18N2O3S. The number of benzene rings is 1. The number of ether oxygens (including phenoxy) is 1. The van der Waals surface area contributed by atoms with E-state index in [1.54, 1.807) is 16.7 Å². The van der Waals surface area contributed by atoms with Crippen LogP contribution in [0, 0.1) is 0 Å². The summed E-state index contributed by atoms with van der Waals surface area (Å²) in [5, 5.41) is 1.15. The molecule has 1 heterocycles. The summed E-state index contributed by atoms with van der Waals surface area (Å²) in [6.07, 6.45) is 0.811. The van der Waals surface area contributed by atoms with Crippen molar-refractivity contribution >= 4 is 28.6 Å². The van der Waals surface area contributed by atoms with E-state index >= 15 is 0 Å². The monoisotopic (exact) mass is 306 g/mol. The molecule has 0 spiro atoms. The van der Waals surface area contributed by atoms with Crippen molar-refractivity contribution in [2.45, 2.75) is 31.5 Å².